The number of rotatable bonds is 5. The van der Waals surface area contributed by atoms with E-state index in [0.29, 0.717) is 11.8 Å². The van der Waals surface area contributed by atoms with Crippen molar-refractivity contribution in [3.05, 3.63) is 69.8 Å². The van der Waals surface area contributed by atoms with E-state index < -0.39 is 17.4 Å². The molecule has 1 fully saturated rings. The summed E-state index contributed by atoms with van der Waals surface area (Å²) < 4.78 is 44.6. The first-order valence-corrected chi connectivity index (χ1v) is 9.51. The molecule has 11 heteroatoms. The van der Waals surface area contributed by atoms with Crippen molar-refractivity contribution in [2.75, 3.05) is 6.61 Å². The summed E-state index contributed by atoms with van der Waals surface area (Å²) in [5.41, 5.74) is -1.88. The van der Waals surface area contributed by atoms with E-state index in [1.807, 2.05) is 6.07 Å². The maximum atomic E-state index is 12.7. The van der Waals surface area contributed by atoms with Crippen molar-refractivity contribution < 1.29 is 27.5 Å². The number of alkyl halides is 3. The highest BCUT2D eigenvalue weighted by atomic mass is 32.2. The molecular formula is C19H18F3N3O4S. The minimum Gasteiger partial charge on any atom is -0.492 e. The Labute approximate surface area is 174 Å². The van der Waals surface area contributed by atoms with Crippen molar-refractivity contribution in [3.8, 4) is 5.75 Å². The van der Waals surface area contributed by atoms with E-state index in [9.17, 15) is 27.6 Å². The Bertz CT molecular complexity index is 973. The molecule has 1 aliphatic heterocycles. The Morgan fingerprint density at radius 3 is 2.33 bits per heavy atom. The zero-order valence-corrected chi connectivity index (χ0v) is 16.7. The van der Waals surface area contributed by atoms with Crippen molar-refractivity contribution in [1.29, 1.82) is 0 Å². The second-order valence-corrected chi connectivity index (χ2v) is 6.89. The van der Waals surface area contributed by atoms with Gasteiger partial charge in [0.1, 0.15) is 18.2 Å². The quantitative estimate of drug-likeness (QED) is 0.716. The van der Waals surface area contributed by atoms with Crippen LogP contribution in [0, 0.1) is 0 Å². The minimum atomic E-state index is -4.62. The van der Waals surface area contributed by atoms with Crippen molar-refractivity contribution in [3.63, 3.8) is 0 Å². The fourth-order valence-corrected chi connectivity index (χ4v) is 2.84. The number of thioether (sulfide) groups is 1. The van der Waals surface area contributed by atoms with Crippen LogP contribution in [0.15, 0.2) is 52.7 Å². The highest BCUT2D eigenvalue weighted by Gasteiger charge is 2.33. The second-order valence-electron chi connectivity index (χ2n) is 5.83. The van der Waals surface area contributed by atoms with E-state index in [-0.39, 0.29) is 41.4 Å². The van der Waals surface area contributed by atoms with Crippen LogP contribution in [-0.4, -0.2) is 27.3 Å². The normalized spacial score (nSPS) is 13.5. The largest absolute Gasteiger partial charge is 0.492 e. The Balaban J connectivity index is 0.000000335. The number of aryl methyl sites for hydroxylation is 1. The average molecular weight is 441 g/mol. The Morgan fingerprint density at radius 1 is 1.20 bits per heavy atom. The van der Waals surface area contributed by atoms with Crippen molar-refractivity contribution in [1.82, 2.24) is 14.9 Å². The predicted octanol–water partition coefficient (Wildman–Crippen LogP) is 3.39. The maximum Gasteiger partial charge on any atom is 0.433 e. The summed E-state index contributed by atoms with van der Waals surface area (Å²) in [5.74, 6) is 0.352. The monoisotopic (exact) mass is 441 g/mol. The molecule has 0 radical (unpaired) electrons. The molecule has 1 aliphatic rings. The zero-order valence-electron chi connectivity index (χ0n) is 15.9. The predicted molar refractivity (Wildman–Crippen MR) is 105 cm³/mol. The smallest absolute Gasteiger partial charge is 0.433 e. The molecule has 0 unspecified atom stereocenters. The standard InChI is InChI=1S/C15H15F3N2O2.C4H3NO2S/c1-2-13-19-12(15(16,17)18)10-14(21)20(13)8-9-22-11-6-4-3-5-7-11;1-2-3(6)5-4(7)8-2/h3-7,10H,2,8-9H2,1H3;1H2,(H,5,6,7). The second kappa shape index (κ2) is 10.1. The number of aromatic nitrogens is 2. The van der Waals surface area contributed by atoms with Crippen LogP contribution in [0.25, 0.3) is 0 Å². The Hall–Kier alpha value is -3.08. The summed E-state index contributed by atoms with van der Waals surface area (Å²) in [6.07, 6.45) is -4.40. The molecule has 0 atom stereocenters. The minimum absolute atomic E-state index is 0.0940. The average Bonchev–Trinajstić information content (AvgIpc) is 2.98. The fraction of sp³-hybridized carbons (Fsp3) is 0.263. The summed E-state index contributed by atoms with van der Waals surface area (Å²) in [6, 6.07) is 9.48. The topological polar surface area (TPSA) is 90.3 Å². The highest BCUT2D eigenvalue weighted by Crippen LogP contribution is 2.26. The van der Waals surface area contributed by atoms with Crippen LogP contribution in [0.1, 0.15) is 18.4 Å². The number of ether oxygens (including phenoxy) is 1. The first-order valence-electron chi connectivity index (χ1n) is 8.69. The lowest BCUT2D eigenvalue weighted by molar-refractivity contribution is -0.141. The molecule has 1 aromatic heterocycles. The number of imide groups is 1. The van der Waals surface area contributed by atoms with Gasteiger partial charge < -0.3 is 4.74 Å². The van der Waals surface area contributed by atoms with Gasteiger partial charge in [-0.3, -0.25) is 24.3 Å². The van der Waals surface area contributed by atoms with Crippen LogP contribution in [0.2, 0.25) is 0 Å². The van der Waals surface area contributed by atoms with Gasteiger partial charge in [0, 0.05) is 12.5 Å². The summed E-state index contributed by atoms with van der Waals surface area (Å²) in [4.78, 5) is 36.2. The van der Waals surface area contributed by atoms with Gasteiger partial charge in [-0.25, -0.2) is 4.98 Å². The van der Waals surface area contributed by atoms with Crippen LogP contribution in [-0.2, 0) is 23.9 Å². The van der Waals surface area contributed by atoms with Gasteiger partial charge in [0.25, 0.3) is 16.7 Å². The lowest BCUT2D eigenvalue weighted by atomic mass is 10.3. The van der Waals surface area contributed by atoms with Gasteiger partial charge in [0.2, 0.25) is 0 Å². The van der Waals surface area contributed by atoms with Gasteiger partial charge in [-0.05, 0) is 23.9 Å². The Kier molecular flexibility index (Phi) is 7.81. The van der Waals surface area contributed by atoms with E-state index in [4.69, 9.17) is 4.74 Å². The number of hydrogen-bond acceptors (Lipinski definition) is 6. The number of amides is 2. The summed E-state index contributed by atoms with van der Waals surface area (Å²) >= 11 is 0.834. The van der Waals surface area contributed by atoms with Crippen molar-refractivity contribution >= 4 is 22.9 Å². The summed E-state index contributed by atoms with van der Waals surface area (Å²) in [7, 11) is 0. The van der Waals surface area contributed by atoms with E-state index in [2.05, 4.69) is 16.9 Å². The molecule has 0 bridgehead atoms. The molecule has 1 aromatic carbocycles. The van der Waals surface area contributed by atoms with E-state index in [1.165, 1.54) is 4.57 Å². The number of carbonyl (C=O) groups is 2. The van der Waals surface area contributed by atoms with Crippen LogP contribution in [0.5, 0.6) is 5.75 Å². The van der Waals surface area contributed by atoms with Crippen molar-refractivity contribution in [2.24, 2.45) is 0 Å². The van der Waals surface area contributed by atoms with Crippen LogP contribution in [0.3, 0.4) is 0 Å². The number of nitrogens with zero attached hydrogens (tertiary/aromatic N) is 2. The molecule has 1 N–H and O–H groups in total. The van der Waals surface area contributed by atoms with E-state index in [0.717, 1.165) is 11.8 Å². The molecule has 2 heterocycles. The van der Waals surface area contributed by atoms with Gasteiger partial charge in [-0.1, -0.05) is 31.7 Å². The molecule has 7 nitrogen and oxygen atoms in total. The molecular weight excluding hydrogens is 423 g/mol. The van der Waals surface area contributed by atoms with E-state index >= 15 is 0 Å². The zero-order chi connectivity index (χ0) is 22.3. The molecule has 2 aromatic rings. The number of para-hydroxylation sites is 1. The SMILES string of the molecule is C=C1SC(=O)NC1=O.CCc1nc(C(F)(F)F)cc(=O)n1CCOc1ccccc1. The van der Waals surface area contributed by atoms with Crippen molar-refractivity contribution in [2.45, 2.75) is 26.1 Å². The lowest BCUT2D eigenvalue weighted by Gasteiger charge is -2.14. The summed E-state index contributed by atoms with van der Waals surface area (Å²) in [6.45, 7) is 5.28. The third kappa shape index (κ3) is 6.48. The van der Waals surface area contributed by atoms with E-state index in [1.54, 1.807) is 31.2 Å². The molecule has 160 valence electrons. The first kappa shape index (κ1) is 23.2. The fourth-order valence-electron chi connectivity index (χ4n) is 2.33. The van der Waals surface area contributed by atoms with Crippen LogP contribution < -0.4 is 15.6 Å². The van der Waals surface area contributed by atoms with Gasteiger partial charge >= 0.3 is 6.18 Å². The molecule has 30 heavy (non-hydrogen) atoms. The molecule has 0 spiro atoms. The third-order valence-corrected chi connectivity index (χ3v) is 4.42. The number of carbonyl (C=O) groups excluding carboxylic acids is 2. The van der Waals surface area contributed by atoms with Gasteiger partial charge in [0.05, 0.1) is 11.4 Å². The molecule has 0 aliphatic carbocycles. The van der Waals surface area contributed by atoms with Gasteiger partial charge in [-0.2, -0.15) is 13.2 Å². The van der Waals surface area contributed by atoms with Crippen LogP contribution in [0.4, 0.5) is 18.0 Å². The first-order chi connectivity index (χ1) is 14.1. The Morgan fingerprint density at radius 2 is 1.87 bits per heavy atom. The van der Waals surface area contributed by atoms with Gasteiger partial charge in [-0.15, -0.1) is 0 Å². The lowest BCUT2D eigenvalue weighted by Crippen LogP contribution is -2.29. The number of nitrogens with one attached hydrogen (secondary N) is 1. The number of hydrogen-bond donors (Lipinski definition) is 1. The molecule has 1 saturated heterocycles. The third-order valence-electron chi connectivity index (χ3n) is 3.71. The van der Waals surface area contributed by atoms with Gasteiger partial charge in [0.15, 0.2) is 5.69 Å². The van der Waals surface area contributed by atoms with Crippen LogP contribution >= 0.6 is 11.8 Å². The highest BCUT2D eigenvalue weighted by molar-refractivity contribution is 8.18. The molecule has 2 amide bonds. The summed E-state index contributed by atoms with van der Waals surface area (Å²) in [5, 5.41) is 1.72. The number of benzene rings is 1. The number of halogens is 3. The maximum absolute atomic E-state index is 12.7. The molecule has 0 saturated carbocycles. The molecule has 3 rings (SSSR count).